The van der Waals surface area contributed by atoms with Gasteiger partial charge in [0.15, 0.2) is 5.13 Å². The van der Waals surface area contributed by atoms with Crippen LogP contribution in [0.4, 0.5) is 5.13 Å². The minimum Gasteiger partial charge on any atom is -0.316 e. The fraction of sp³-hybridized carbons (Fsp3) is 0.105. The van der Waals surface area contributed by atoms with Gasteiger partial charge < -0.3 is 4.57 Å². The fourth-order valence-corrected chi connectivity index (χ4v) is 3.44. The Bertz CT molecular complexity index is 1030. The molecule has 3 aromatic rings. The number of aryl methyl sites for hydroxylation is 1. The highest BCUT2D eigenvalue weighted by molar-refractivity contribution is 7.13. The molecular weight excluding hydrogens is 368 g/mol. The molecular formula is C19H15ClN4OS. The number of carbonyl (C=O) groups is 1. The molecule has 0 aliphatic heterocycles. The number of thiazole rings is 1. The molecule has 2 heterocycles. The number of nitrogens with zero attached hydrogens (tertiary/aromatic N) is 3. The van der Waals surface area contributed by atoms with E-state index in [1.165, 1.54) is 11.3 Å². The average molecular weight is 383 g/mol. The summed E-state index contributed by atoms with van der Waals surface area (Å²) >= 11 is 7.61. The lowest BCUT2D eigenvalue weighted by Gasteiger charge is -2.11. The first kappa shape index (κ1) is 17.9. The Kier molecular flexibility index (Phi) is 5.21. The molecule has 1 aromatic carbocycles. The maximum Gasteiger partial charge on any atom is 0.268 e. The van der Waals surface area contributed by atoms with Gasteiger partial charge in [0.1, 0.15) is 11.6 Å². The number of nitrogens with one attached hydrogen (secondary N) is 1. The summed E-state index contributed by atoms with van der Waals surface area (Å²) in [6.45, 7) is 3.88. The zero-order chi connectivity index (χ0) is 18.7. The van der Waals surface area contributed by atoms with Crippen molar-refractivity contribution in [3.8, 4) is 11.8 Å². The van der Waals surface area contributed by atoms with Crippen molar-refractivity contribution >= 4 is 40.1 Å². The summed E-state index contributed by atoms with van der Waals surface area (Å²) in [6, 6.07) is 11.4. The fourth-order valence-electron chi connectivity index (χ4n) is 2.69. The smallest absolute Gasteiger partial charge is 0.268 e. The van der Waals surface area contributed by atoms with E-state index in [4.69, 9.17) is 11.6 Å². The van der Waals surface area contributed by atoms with Crippen molar-refractivity contribution < 1.29 is 4.79 Å². The van der Waals surface area contributed by atoms with Crippen molar-refractivity contribution in [2.24, 2.45) is 0 Å². The number of para-hydroxylation sites is 1. The maximum atomic E-state index is 12.3. The monoisotopic (exact) mass is 382 g/mol. The Hall–Kier alpha value is -2.88. The number of nitriles is 1. The zero-order valence-corrected chi connectivity index (χ0v) is 15.7. The highest BCUT2D eigenvalue weighted by Crippen LogP contribution is 2.27. The summed E-state index contributed by atoms with van der Waals surface area (Å²) in [5, 5.41) is 14.9. The molecule has 0 unspecified atom stereocenters. The Labute approximate surface area is 160 Å². The number of halogens is 1. The van der Waals surface area contributed by atoms with Crippen molar-refractivity contribution in [2.45, 2.75) is 13.8 Å². The number of carbonyl (C=O) groups excluding carboxylic acids is 1. The van der Waals surface area contributed by atoms with Crippen LogP contribution < -0.4 is 5.32 Å². The first-order valence-corrected chi connectivity index (χ1v) is 9.03. The Morgan fingerprint density at radius 2 is 2.15 bits per heavy atom. The molecule has 5 nitrogen and oxygen atoms in total. The lowest BCUT2D eigenvalue weighted by Crippen LogP contribution is -2.13. The predicted molar refractivity (Wildman–Crippen MR) is 105 cm³/mol. The molecule has 0 radical (unpaired) electrons. The molecule has 0 aliphatic rings. The minimum atomic E-state index is -0.481. The molecule has 0 saturated heterocycles. The minimum absolute atomic E-state index is 0.0135. The number of amides is 1. The van der Waals surface area contributed by atoms with Crippen LogP contribution in [0.2, 0.25) is 5.02 Å². The third kappa shape index (κ3) is 3.54. The number of anilines is 1. The Morgan fingerprint density at radius 3 is 2.81 bits per heavy atom. The van der Waals surface area contributed by atoms with Gasteiger partial charge in [-0.05, 0) is 43.7 Å². The van der Waals surface area contributed by atoms with Crippen LogP contribution in [0.5, 0.6) is 0 Å². The van der Waals surface area contributed by atoms with E-state index in [1.54, 1.807) is 17.7 Å². The Balaban J connectivity index is 1.98. The van der Waals surface area contributed by atoms with Crippen LogP contribution in [-0.4, -0.2) is 15.5 Å². The molecule has 26 heavy (non-hydrogen) atoms. The second-order valence-corrected chi connectivity index (χ2v) is 6.88. The van der Waals surface area contributed by atoms with Crippen LogP contribution in [-0.2, 0) is 4.79 Å². The maximum absolute atomic E-state index is 12.3. The summed E-state index contributed by atoms with van der Waals surface area (Å²) in [6.07, 6.45) is 3.17. The standard InChI is InChI=1S/C19H15ClN4OS/c1-12-9-14(13(2)24(12)17-6-4-3-5-16(17)20)10-15(11-21)18(25)23-19-22-7-8-26-19/h3-10H,1-2H3,(H,22,23,25). The van der Waals surface area contributed by atoms with Crippen molar-refractivity contribution in [3.05, 3.63) is 69.5 Å². The summed E-state index contributed by atoms with van der Waals surface area (Å²) in [5.74, 6) is -0.481. The van der Waals surface area contributed by atoms with E-state index in [0.717, 1.165) is 22.6 Å². The lowest BCUT2D eigenvalue weighted by atomic mass is 10.1. The molecule has 0 aliphatic carbocycles. The number of aromatic nitrogens is 2. The molecule has 0 bridgehead atoms. The van der Waals surface area contributed by atoms with Crippen molar-refractivity contribution in [1.29, 1.82) is 5.26 Å². The number of benzene rings is 1. The normalized spacial score (nSPS) is 11.2. The van der Waals surface area contributed by atoms with E-state index in [-0.39, 0.29) is 5.57 Å². The molecule has 0 fully saturated rings. The molecule has 0 atom stereocenters. The third-order valence-corrected chi connectivity index (χ3v) is 4.89. The highest BCUT2D eigenvalue weighted by atomic mass is 35.5. The van der Waals surface area contributed by atoms with Gasteiger partial charge in [-0.15, -0.1) is 11.3 Å². The number of hydrogen-bond donors (Lipinski definition) is 1. The van der Waals surface area contributed by atoms with Crippen molar-refractivity contribution in [2.75, 3.05) is 5.32 Å². The molecule has 7 heteroatoms. The molecule has 1 N–H and O–H groups in total. The van der Waals surface area contributed by atoms with Gasteiger partial charge in [0.05, 0.1) is 10.7 Å². The quantitative estimate of drug-likeness (QED) is 0.522. The van der Waals surface area contributed by atoms with Crippen molar-refractivity contribution in [3.63, 3.8) is 0 Å². The Morgan fingerprint density at radius 1 is 1.38 bits per heavy atom. The molecule has 1 amide bonds. The molecule has 3 rings (SSSR count). The SMILES string of the molecule is Cc1cc(C=C(C#N)C(=O)Nc2nccs2)c(C)n1-c1ccccc1Cl. The summed E-state index contributed by atoms with van der Waals surface area (Å²) in [7, 11) is 0. The molecule has 2 aromatic heterocycles. The summed E-state index contributed by atoms with van der Waals surface area (Å²) in [5.41, 5.74) is 3.51. The van der Waals surface area contributed by atoms with Gasteiger partial charge in [-0.3, -0.25) is 10.1 Å². The van der Waals surface area contributed by atoms with Gasteiger partial charge in [-0.2, -0.15) is 5.26 Å². The second kappa shape index (κ2) is 7.56. The van der Waals surface area contributed by atoms with Crippen LogP contribution in [0.15, 0.2) is 47.5 Å². The zero-order valence-electron chi connectivity index (χ0n) is 14.2. The van der Waals surface area contributed by atoms with E-state index in [2.05, 4.69) is 10.3 Å². The largest absolute Gasteiger partial charge is 0.316 e. The van der Waals surface area contributed by atoms with Crippen LogP contribution >= 0.6 is 22.9 Å². The van der Waals surface area contributed by atoms with E-state index >= 15 is 0 Å². The second-order valence-electron chi connectivity index (χ2n) is 5.57. The first-order valence-electron chi connectivity index (χ1n) is 7.77. The van der Waals surface area contributed by atoms with Gasteiger partial charge in [-0.1, -0.05) is 23.7 Å². The van der Waals surface area contributed by atoms with Gasteiger partial charge >= 0.3 is 0 Å². The molecule has 0 spiro atoms. The van der Waals surface area contributed by atoms with Gasteiger partial charge in [0.2, 0.25) is 0 Å². The van der Waals surface area contributed by atoms with Crippen LogP contribution in [0, 0.1) is 25.2 Å². The van der Waals surface area contributed by atoms with E-state index in [0.29, 0.717) is 10.2 Å². The highest BCUT2D eigenvalue weighted by Gasteiger charge is 2.15. The van der Waals surface area contributed by atoms with Gasteiger partial charge in [-0.25, -0.2) is 4.98 Å². The van der Waals surface area contributed by atoms with Gasteiger partial charge in [0.25, 0.3) is 5.91 Å². The molecule has 130 valence electrons. The van der Waals surface area contributed by atoms with E-state index in [9.17, 15) is 10.1 Å². The van der Waals surface area contributed by atoms with E-state index < -0.39 is 5.91 Å². The van der Waals surface area contributed by atoms with Crippen LogP contribution in [0.1, 0.15) is 17.0 Å². The van der Waals surface area contributed by atoms with Gasteiger partial charge in [0, 0.05) is 23.0 Å². The summed E-state index contributed by atoms with van der Waals surface area (Å²) in [4.78, 5) is 16.3. The average Bonchev–Trinajstić information content (AvgIpc) is 3.22. The van der Waals surface area contributed by atoms with Crippen LogP contribution in [0.3, 0.4) is 0 Å². The van der Waals surface area contributed by atoms with Crippen molar-refractivity contribution in [1.82, 2.24) is 9.55 Å². The third-order valence-electron chi connectivity index (χ3n) is 3.88. The van der Waals surface area contributed by atoms with Crippen LogP contribution in [0.25, 0.3) is 11.8 Å². The van der Waals surface area contributed by atoms with E-state index in [1.807, 2.05) is 54.8 Å². The lowest BCUT2D eigenvalue weighted by molar-refractivity contribution is -0.112. The summed E-state index contributed by atoms with van der Waals surface area (Å²) < 4.78 is 2.00. The molecule has 0 saturated carbocycles. The number of rotatable bonds is 4. The topological polar surface area (TPSA) is 70.7 Å². The first-order chi connectivity index (χ1) is 12.5. The predicted octanol–water partition coefficient (Wildman–Crippen LogP) is 4.75. The number of hydrogen-bond acceptors (Lipinski definition) is 4.